The molecule has 1 aliphatic rings. The summed E-state index contributed by atoms with van der Waals surface area (Å²) < 4.78 is 0. The number of carbonyl (C=O) groups excluding carboxylic acids is 2. The number of aromatic nitrogens is 2. The number of carbonyl (C=O) groups is 3. The Morgan fingerprint density at radius 3 is 2.89 bits per heavy atom. The van der Waals surface area contributed by atoms with Crippen LogP contribution in [0, 0.1) is 0 Å². The van der Waals surface area contributed by atoms with Gasteiger partial charge in [-0.15, -0.1) is 0 Å². The predicted molar refractivity (Wildman–Crippen MR) is 99.3 cm³/mol. The maximum Gasteiger partial charge on any atom is 0.358 e. The third-order valence-electron chi connectivity index (χ3n) is 4.43. The molecule has 0 fully saturated rings. The maximum atomic E-state index is 12.4. The molecule has 136 valence electrons. The normalized spacial score (nSPS) is 14.1. The molecule has 9 nitrogen and oxygen atoms in total. The van der Waals surface area contributed by atoms with E-state index in [9.17, 15) is 14.4 Å². The molecule has 1 aromatic heterocycles. The van der Waals surface area contributed by atoms with Crippen molar-refractivity contribution >= 4 is 43.1 Å². The molecule has 3 rings (SSSR count). The molecular formula is C17H16BN5O4. The highest BCUT2D eigenvalue weighted by Gasteiger charge is 2.23. The van der Waals surface area contributed by atoms with Gasteiger partial charge in [-0.05, 0) is 24.1 Å². The van der Waals surface area contributed by atoms with Crippen molar-refractivity contribution in [2.75, 3.05) is 25.5 Å². The summed E-state index contributed by atoms with van der Waals surface area (Å²) in [5.41, 5.74) is 1.43. The number of aliphatic imine (C=N–C) groups is 1. The number of aldehydes is 1. The summed E-state index contributed by atoms with van der Waals surface area (Å²) in [6.45, 7) is 0.664. The first kappa shape index (κ1) is 18.4. The number of hydrogen-bond acceptors (Lipinski definition) is 5. The summed E-state index contributed by atoms with van der Waals surface area (Å²) in [4.78, 5) is 41.9. The first-order valence-electron chi connectivity index (χ1n) is 8.06. The lowest BCUT2D eigenvalue weighted by Crippen LogP contribution is -2.34. The van der Waals surface area contributed by atoms with Crippen LogP contribution in [0.2, 0.25) is 0 Å². The van der Waals surface area contributed by atoms with Gasteiger partial charge in [-0.2, -0.15) is 5.10 Å². The van der Waals surface area contributed by atoms with Crippen LogP contribution in [-0.2, 0) is 6.42 Å². The smallest absolute Gasteiger partial charge is 0.358 e. The van der Waals surface area contributed by atoms with Crippen molar-refractivity contribution in [1.29, 1.82) is 0 Å². The van der Waals surface area contributed by atoms with Gasteiger partial charge in [0.05, 0.1) is 5.73 Å². The molecule has 0 atom stereocenters. The van der Waals surface area contributed by atoms with Crippen LogP contribution < -0.4 is 4.90 Å². The first-order valence-corrected chi connectivity index (χ1v) is 8.06. The van der Waals surface area contributed by atoms with Crippen LogP contribution in [0.4, 0.5) is 11.4 Å². The van der Waals surface area contributed by atoms with Crippen LogP contribution in [0.1, 0.15) is 36.9 Å². The topological polar surface area (TPSA) is 119 Å². The van der Waals surface area contributed by atoms with Crippen LogP contribution in [0.25, 0.3) is 0 Å². The fourth-order valence-electron chi connectivity index (χ4n) is 2.80. The van der Waals surface area contributed by atoms with Gasteiger partial charge in [0.2, 0.25) is 0 Å². The first-order chi connectivity index (χ1) is 12.8. The number of aromatic amines is 1. The molecule has 27 heavy (non-hydrogen) atoms. The monoisotopic (exact) mass is 365 g/mol. The molecule has 0 spiro atoms. The molecule has 0 saturated heterocycles. The van der Waals surface area contributed by atoms with Crippen LogP contribution >= 0.6 is 0 Å². The average molecular weight is 365 g/mol. The van der Waals surface area contributed by atoms with Crippen molar-refractivity contribution < 1.29 is 19.5 Å². The van der Waals surface area contributed by atoms with Crippen LogP contribution in [0.15, 0.2) is 23.2 Å². The fraction of sp³-hybridized carbons (Fsp3) is 0.235. The Labute approximate surface area is 156 Å². The molecule has 10 heteroatoms. The van der Waals surface area contributed by atoms with Gasteiger partial charge in [0.1, 0.15) is 11.4 Å². The van der Waals surface area contributed by atoms with Crippen LogP contribution in [0.3, 0.4) is 0 Å². The fourth-order valence-corrected chi connectivity index (χ4v) is 2.80. The number of nitrogens with zero attached hydrogens (tertiary/aromatic N) is 4. The lowest BCUT2D eigenvalue weighted by atomic mass is 9.97. The van der Waals surface area contributed by atoms with E-state index in [0.717, 1.165) is 12.0 Å². The Balaban J connectivity index is 1.97. The molecule has 0 bridgehead atoms. The molecule has 2 aromatic rings. The molecule has 2 heterocycles. The van der Waals surface area contributed by atoms with Crippen molar-refractivity contribution in [1.82, 2.24) is 15.1 Å². The molecule has 2 N–H and O–H groups in total. The van der Waals surface area contributed by atoms with E-state index in [1.54, 1.807) is 31.1 Å². The molecule has 0 saturated carbocycles. The number of aromatic carboxylic acids is 1. The summed E-state index contributed by atoms with van der Waals surface area (Å²) in [5, 5.41) is 15.0. The maximum absolute atomic E-state index is 12.4. The third kappa shape index (κ3) is 3.33. The lowest BCUT2D eigenvalue weighted by molar-refractivity contribution is 0.0690. The molecular weight excluding hydrogens is 349 g/mol. The van der Waals surface area contributed by atoms with Crippen molar-refractivity contribution in [2.24, 2.45) is 4.99 Å². The van der Waals surface area contributed by atoms with E-state index in [2.05, 4.69) is 15.2 Å². The number of benzene rings is 1. The second-order valence-electron chi connectivity index (χ2n) is 6.10. The number of carboxylic acid groups (broad SMARTS) is 1. The van der Waals surface area contributed by atoms with Gasteiger partial charge in [-0.1, -0.05) is 6.07 Å². The Hall–Kier alpha value is -3.43. The zero-order valence-electron chi connectivity index (χ0n) is 14.8. The number of amidine groups is 1. The number of amides is 1. The van der Waals surface area contributed by atoms with Crippen LogP contribution in [-0.4, -0.2) is 72.6 Å². The third-order valence-corrected chi connectivity index (χ3v) is 4.43. The largest absolute Gasteiger partial charge is 0.476 e. The van der Waals surface area contributed by atoms with E-state index in [1.807, 2.05) is 6.07 Å². The average Bonchev–Trinajstić information content (AvgIpc) is 3.06. The van der Waals surface area contributed by atoms with Crippen molar-refractivity contribution in [3.8, 4) is 0 Å². The summed E-state index contributed by atoms with van der Waals surface area (Å²) in [5.74, 6) is -1.41. The summed E-state index contributed by atoms with van der Waals surface area (Å²) >= 11 is 0. The number of rotatable bonds is 4. The van der Waals surface area contributed by atoms with E-state index in [4.69, 9.17) is 13.0 Å². The second kappa shape index (κ2) is 7.06. The standard InChI is InChI=1S/C17H16BN5O4/c1-22-6-5-9-3-4-10(7-11(9)15(22)25)23(2)17(18)19-13-12(8-24)20-21-14(13)16(26)27/h3-4,7-8H,5-6H2,1-2H3,(H,20,21)(H,26,27). The summed E-state index contributed by atoms with van der Waals surface area (Å²) in [7, 11) is 9.37. The Morgan fingerprint density at radius 2 is 2.22 bits per heavy atom. The summed E-state index contributed by atoms with van der Waals surface area (Å²) in [6, 6.07) is 5.37. The van der Waals surface area contributed by atoms with Gasteiger partial charge in [0, 0.05) is 31.9 Å². The molecule has 2 radical (unpaired) electrons. The zero-order chi connectivity index (χ0) is 19.7. The van der Waals surface area contributed by atoms with E-state index in [-0.39, 0.29) is 23.0 Å². The zero-order valence-corrected chi connectivity index (χ0v) is 14.8. The minimum Gasteiger partial charge on any atom is -0.476 e. The molecule has 1 amide bonds. The number of likely N-dealkylation sites (N-methyl/N-ethyl adjacent to an activating group) is 1. The number of hydrogen-bond donors (Lipinski definition) is 2. The van der Waals surface area contributed by atoms with E-state index >= 15 is 0 Å². The van der Waals surface area contributed by atoms with E-state index in [0.29, 0.717) is 24.1 Å². The second-order valence-corrected chi connectivity index (χ2v) is 6.10. The number of H-pyrrole nitrogens is 1. The van der Waals surface area contributed by atoms with Gasteiger partial charge in [-0.3, -0.25) is 14.7 Å². The van der Waals surface area contributed by atoms with Gasteiger partial charge >= 0.3 is 5.97 Å². The number of anilines is 1. The highest BCUT2D eigenvalue weighted by atomic mass is 16.4. The Morgan fingerprint density at radius 1 is 1.48 bits per heavy atom. The van der Waals surface area contributed by atoms with E-state index < -0.39 is 11.7 Å². The minimum atomic E-state index is -1.34. The highest BCUT2D eigenvalue weighted by Crippen LogP contribution is 2.25. The molecule has 1 aromatic carbocycles. The number of fused-ring (bicyclic) bond motifs is 1. The van der Waals surface area contributed by atoms with Gasteiger partial charge < -0.3 is 14.9 Å². The predicted octanol–water partition coefficient (Wildman–Crippen LogP) is 0.841. The van der Waals surface area contributed by atoms with Gasteiger partial charge in [0.15, 0.2) is 19.8 Å². The lowest BCUT2D eigenvalue weighted by Gasteiger charge is -2.27. The Bertz CT molecular complexity index is 968. The van der Waals surface area contributed by atoms with Crippen LogP contribution in [0.5, 0.6) is 0 Å². The molecule has 1 aliphatic heterocycles. The molecule has 0 unspecified atom stereocenters. The number of nitrogens with one attached hydrogen (secondary N) is 1. The quantitative estimate of drug-likeness (QED) is 0.359. The van der Waals surface area contributed by atoms with Crippen molar-refractivity contribution in [2.45, 2.75) is 6.42 Å². The highest BCUT2D eigenvalue weighted by molar-refractivity contribution is 6.62. The van der Waals surface area contributed by atoms with E-state index in [1.165, 1.54) is 4.90 Å². The Kier molecular flexibility index (Phi) is 4.80. The minimum absolute atomic E-state index is 0.0569. The number of carboxylic acids is 1. The molecule has 0 aliphatic carbocycles. The summed E-state index contributed by atoms with van der Waals surface area (Å²) in [6.07, 6.45) is 1.18. The van der Waals surface area contributed by atoms with Gasteiger partial charge in [-0.25, -0.2) is 9.79 Å². The van der Waals surface area contributed by atoms with Crippen molar-refractivity contribution in [3.05, 3.63) is 40.7 Å². The van der Waals surface area contributed by atoms with Gasteiger partial charge in [0.25, 0.3) is 5.91 Å². The van der Waals surface area contributed by atoms with Crippen molar-refractivity contribution in [3.63, 3.8) is 0 Å². The SMILES string of the molecule is [B]C(=Nc1c(C(=O)O)n[nH]c1C=O)N(C)c1ccc2c(c1)C(=O)N(C)CC2.